The Morgan fingerprint density at radius 2 is 1.72 bits per heavy atom. The minimum absolute atomic E-state index is 0.107. The molecule has 1 aromatic rings. The fourth-order valence-corrected chi connectivity index (χ4v) is 2.08. The van der Waals surface area contributed by atoms with Crippen LogP contribution in [-0.4, -0.2) is 23.4 Å². The van der Waals surface area contributed by atoms with Crippen LogP contribution in [0.1, 0.15) is 37.0 Å². The molecule has 0 aliphatic rings. The fraction of sp³-hybridized carbons (Fsp3) is 0.600. The van der Waals surface area contributed by atoms with Crippen molar-refractivity contribution in [3.05, 3.63) is 28.8 Å². The zero-order valence-electron chi connectivity index (χ0n) is 11.9. The van der Waals surface area contributed by atoms with E-state index in [9.17, 15) is 5.11 Å². The van der Waals surface area contributed by atoms with Crippen LogP contribution in [0.3, 0.4) is 0 Å². The highest BCUT2D eigenvalue weighted by atomic mass is 16.3. The quantitative estimate of drug-likeness (QED) is 0.728. The predicted octanol–water partition coefficient (Wildman–Crippen LogP) is 2.51. The highest BCUT2D eigenvalue weighted by Crippen LogP contribution is 2.23. The van der Waals surface area contributed by atoms with Gasteiger partial charge >= 0.3 is 0 Å². The van der Waals surface area contributed by atoms with Gasteiger partial charge in [-0.25, -0.2) is 0 Å². The second-order valence-corrected chi connectivity index (χ2v) is 5.82. The topological polar surface area (TPSA) is 52.5 Å². The van der Waals surface area contributed by atoms with E-state index in [4.69, 9.17) is 5.11 Å². The Bertz CT molecular complexity index is 376. The largest absolute Gasteiger partial charge is 0.507 e. The number of phenolic OH excluding ortho intramolecular Hbond substituents is 1. The summed E-state index contributed by atoms with van der Waals surface area (Å²) in [5, 5.41) is 22.1. The molecule has 3 N–H and O–H groups in total. The zero-order chi connectivity index (χ0) is 13.8. The maximum absolute atomic E-state index is 9.71. The molecule has 0 amide bonds. The van der Waals surface area contributed by atoms with Crippen molar-refractivity contribution in [2.45, 2.75) is 40.7 Å². The summed E-state index contributed by atoms with van der Waals surface area (Å²) in [5.41, 5.74) is 3.13. The molecule has 3 heteroatoms. The number of aryl methyl sites for hydroxylation is 2. The Morgan fingerprint density at radius 1 is 1.17 bits per heavy atom. The lowest BCUT2D eigenvalue weighted by atomic mass is 9.89. The first kappa shape index (κ1) is 15.0. The molecule has 0 radical (unpaired) electrons. The van der Waals surface area contributed by atoms with Crippen LogP contribution in [0, 0.1) is 19.3 Å². The molecule has 0 aliphatic heterocycles. The Hall–Kier alpha value is -1.06. The third kappa shape index (κ3) is 4.31. The molecule has 1 aromatic carbocycles. The fourth-order valence-electron chi connectivity index (χ4n) is 2.08. The van der Waals surface area contributed by atoms with Gasteiger partial charge in [0.1, 0.15) is 5.75 Å². The van der Waals surface area contributed by atoms with Gasteiger partial charge in [-0.3, -0.25) is 0 Å². The number of hydrogen-bond acceptors (Lipinski definition) is 3. The maximum Gasteiger partial charge on any atom is 0.121 e. The van der Waals surface area contributed by atoms with Crippen LogP contribution >= 0.6 is 0 Å². The third-order valence-corrected chi connectivity index (χ3v) is 3.27. The van der Waals surface area contributed by atoms with E-state index in [1.807, 2.05) is 26.0 Å². The van der Waals surface area contributed by atoms with Crippen molar-refractivity contribution in [2.24, 2.45) is 5.41 Å². The third-order valence-electron chi connectivity index (χ3n) is 3.27. The number of rotatable bonds is 6. The maximum atomic E-state index is 9.71. The average Bonchev–Trinajstić information content (AvgIpc) is 2.25. The summed E-state index contributed by atoms with van der Waals surface area (Å²) in [5.74, 6) is 0.388. The Labute approximate surface area is 110 Å². The number of aliphatic hydroxyl groups is 1. The molecule has 0 fully saturated rings. The molecule has 0 heterocycles. The summed E-state index contributed by atoms with van der Waals surface area (Å²) in [4.78, 5) is 0. The van der Waals surface area contributed by atoms with Gasteiger partial charge in [-0.05, 0) is 42.4 Å². The van der Waals surface area contributed by atoms with Gasteiger partial charge in [0.15, 0.2) is 0 Å². The standard InChI is InChI=1S/C15H25NO2/c1-11-7-13(8-12(2)14(11)18)9-16-10-15(3,4)5-6-17/h7-8,16-18H,5-6,9-10H2,1-4H3. The number of benzene rings is 1. The van der Waals surface area contributed by atoms with Gasteiger partial charge in [0.2, 0.25) is 0 Å². The molecule has 0 spiro atoms. The van der Waals surface area contributed by atoms with Gasteiger partial charge in [-0.2, -0.15) is 0 Å². The Morgan fingerprint density at radius 3 is 2.22 bits per heavy atom. The lowest BCUT2D eigenvalue weighted by Gasteiger charge is -2.24. The van der Waals surface area contributed by atoms with Gasteiger partial charge in [-0.15, -0.1) is 0 Å². The van der Waals surface area contributed by atoms with Crippen LogP contribution in [-0.2, 0) is 6.54 Å². The first-order valence-corrected chi connectivity index (χ1v) is 6.46. The van der Waals surface area contributed by atoms with Gasteiger partial charge in [0, 0.05) is 19.7 Å². The monoisotopic (exact) mass is 251 g/mol. The van der Waals surface area contributed by atoms with Crippen molar-refractivity contribution in [2.75, 3.05) is 13.2 Å². The smallest absolute Gasteiger partial charge is 0.121 e. The highest BCUT2D eigenvalue weighted by molar-refractivity contribution is 5.42. The Kier molecular flexibility index (Phi) is 5.17. The molecule has 0 saturated heterocycles. The summed E-state index contributed by atoms with van der Waals surface area (Å²) < 4.78 is 0. The van der Waals surface area contributed by atoms with Crippen LogP contribution in [0.15, 0.2) is 12.1 Å². The van der Waals surface area contributed by atoms with E-state index in [0.717, 1.165) is 30.6 Å². The Balaban J connectivity index is 2.54. The molecule has 0 atom stereocenters. The molecule has 0 saturated carbocycles. The average molecular weight is 251 g/mol. The molecule has 0 bridgehead atoms. The SMILES string of the molecule is Cc1cc(CNCC(C)(C)CCO)cc(C)c1O. The second-order valence-electron chi connectivity index (χ2n) is 5.82. The summed E-state index contributed by atoms with van der Waals surface area (Å²) in [6, 6.07) is 4.02. The molecular weight excluding hydrogens is 226 g/mol. The van der Waals surface area contributed by atoms with Crippen LogP contribution in [0.2, 0.25) is 0 Å². The minimum atomic E-state index is 0.107. The number of hydrogen-bond donors (Lipinski definition) is 3. The molecule has 0 aliphatic carbocycles. The molecule has 0 aromatic heterocycles. The lowest BCUT2D eigenvalue weighted by Crippen LogP contribution is -2.29. The number of aliphatic hydroxyl groups excluding tert-OH is 1. The number of aromatic hydroxyl groups is 1. The summed E-state index contributed by atoms with van der Waals surface area (Å²) in [6.07, 6.45) is 0.799. The van der Waals surface area contributed by atoms with Crippen LogP contribution < -0.4 is 5.32 Å². The first-order chi connectivity index (χ1) is 8.35. The predicted molar refractivity (Wildman–Crippen MR) is 74.8 cm³/mol. The summed E-state index contributed by atoms with van der Waals surface area (Å²) in [6.45, 7) is 10.0. The van der Waals surface area contributed by atoms with E-state index < -0.39 is 0 Å². The lowest BCUT2D eigenvalue weighted by molar-refractivity contribution is 0.207. The van der Waals surface area contributed by atoms with E-state index in [0.29, 0.717) is 5.75 Å². The minimum Gasteiger partial charge on any atom is -0.507 e. The van der Waals surface area contributed by atoms with E-state index in [1.165, 1.54) is 5.56 Å². The van der Waals surface area contributed by atoms with Crippen LogP contribution in [0.25, 0.3) is 0 Å². The summed E-state index contributed by atoms with van der Waals surface area (Å²) >= 11 is 0. The molecular formula is C15H25NO2. The van der Waals surface area contributed by atoms with Gasteiger partial charge < -0.3 is 15.5 Å². The molecule has 102 valence electrons. The molecule has 18 heavy (non-hydrogen) atoms. The van der Waals surface area contributed by atoms with E-state index in [2.05, 4.69) is 19.2 Å². The molecule has 3 nitrogen and oxygen atoms in total. The van der Waals surface area contributed by atoms with E-state index in [-0.39, 0.29) is 12.0 Å². The van der Waals surface area contributed by atoms with Crippen molar-refractivity contribution < 1.29 is 10.2 Å². The van der Waals surface area contributed by atoms with Gasteiger partial charge in [0.05, 0.1) is 0 Å². The number of nitrogens with one attached hydrogen (secondary N) is 1. The molecule has 0 unspecified atom stereocenters. The van der Waals surface area contributed by atoms with Crippen molar-refractivity contribution in [1.29, 1.82) is 0 Å². The second kappa shape index (κ2) is 6.21. The highest BCUT2D eigenvalue weighted by Gasteiger charge is 2.16. The zero-order valence-corrected chi connectivity index (χ0v) is 11.9. The van der Waals surface area contributed by atoms with Crippen LogP contribution in [0.4, 0.5) is 0 Å². The van der Waals surface area contributed by atoms with E-state index in [1.54, 1.807) is 0 Å². The summed E-state index contributed by atoms with van der Waals surface area (Å²) in [7, 11) is 0. The number of phenols is 1. The van der Waals surface area contributed by atoms with Gasteiger partial charge in [0.25, 0.3) is 0 Å². The van der Waals surface area contributed by atoms with Crippen molar-refractivity contribution in [3.8, 4) is 5.75 Å². The van der Waals surface area contributed by atoms with Gasteiger partial charge in [-0.1, -0.05) is 26.0 Å². The van der Waals surface area contributed by atoms with Crippen LogP contribution in [0.5, 0.6) is 5.75 Å². The first-order valence-electron chi connectivity index (χ1n) is 6.46. The van der Waals surface area contributed by atoms with Crippen molar-refractivity contribution >= 4 is 0 Å². The molecule has 1 rings (SSSR count). The van der Waals surface area contributed by atoms with E-state index >= 15 is 0 Å². The van der Waals surface area contributed by atoms with Crippen molar-refractivity contribution in [1.82, 2.24) is 5.32 Å². The normalized spacial score (nSPS) is 11.8. The van der Waals surface area contributed by atoms with Crippen molar-refractivity contribution in [3.63, 3.8) is 0 Å².